The van der Waals surface area contributed by atoms with Gasteiger partial charge in [0.15, 0.2) is 11.5 Å². The first-order valence-electron chi connectivity index (χ1n) is 5.87. The number of hydrogen-bond donors (Lipinski definition) is 0. The lowest BCUT2D eigenvalue weighted by Gasteiger charge is -2.16. The highest BCUT2D eigenvalue weighted by Crippen LogP contribution is 2.40. The number of benzene rings is 2. The van der Waals surface area contributed by atoms with Crippen LogP contribution in [0.15, 0.2) is 40.9 Å². The largest absolute Gasteiger partial charge is 0.493 e. The van der Waals surface area contributed by atoms with E-state index in [1.54, 1.807) is 14.2 Å². The Kier molecular flexibility index (Phi) is 5.57. The smallest absolute Gasteiger partial charge is 0.161 e. The van der Waals surface area contributed by atoms with Crippen LogP contribution in [-0.2, 0) is 0 Å². The fourth-order valence-electron chi connectivity index (χ4n) is 1.91. The molecule has 106 valence electrons. The number of halogens is 3. The van der Waals surface area contributed by atoms with Gasteiger partial charge in [-0.1, -0.05) is 28.1 Å². The molecule has 0 fully saturated rings. The molecule has 0 aliphatic heterocycles. The molecule has 0 saturated heterocycles. The third kappa shape index (κ3) is 3.40. The van der Waals surface area contributed by atoms with E-state index in [1.165, 1.54) is 0 Å². The summed E-state index contributed by atoms with van der Waals surface area (Å²) in [5.74, 6) is 1.34. The minimum atomic E-state index is -0.251. The zero-order valence-corrected chi connectivity index (χ0v) is 15.5. The summed E-state index contributed by atoms with van der Waals surface area (Å²) in [5, 5.41) is -0.251. The van der Waals surface area contributed by atoms with Gasteiger partial charge < -0.3 is 9.47 Å². The highest BCUT2D eigenvalue weighted by atomic mass is 127. The van der Waals surface area contributed by atoms with Crippen LogP contribution in [0.1, 0.15) is 16.5 Å². The zero-order chi connectivity index (χ0) is 14.7. The van der Waals surface area contributed by atoms with Crippen molar-refractivity contribution in [3.8, 4) is 11.5 Å². The van der Waals surface area contributed by atoms with Crippen molar-refractivity contribution in [3.05, 3.63) is 55.6 Å². The van der Waals surface area contributed by atoms with Gasteiger partial charge in [0.25, 0.3) is 0 Å². The monoisotopic (exact) mass is 466 g/mol. The van der Waals surface area contributed by atoms with Gasteiger partial charge in [0, 0.05) is 8.04 Å². The molecule has 0 N–H and O–H groups in total. The van der Waals surface area contributed by atoms with E-state index in [0.29, 0.717) is 11.5 Å². The normalized spacial score (nSPS) is 12.1. The average Bonchev–Trinajstić information content (AvgIpc) is 2.46. The standard InChI is InChI=1S/C15H13BrClIO2/c1-19-13-7-11(12(16)8-14(13)20-2)15(17)9-4-3-5-10(18)6-9/h3-8,15H,1-2H3. The van der Waals surface area contributed by atoms with Crippen LogP contribution in [0.3, 0.4) is 0 Å². The van der Waals surface area contributed by atoms with Crippen LogP contribution < -0.4 is 9.47 Å². The van der Waals surface area contributed by atoms with Crippen molar-refractivity contribution in [1.82, 2.24) is 0 Å². The summed E-state index contributed by atoms with van der Waals surface area (Å²) in [7, 11) is 3.23. The number of alkyl halides is 1. The van der Waals surface area contributed by atoms with E-state index in [1.807, 2.05) is 30.3 Å². The fourth-order valence-corrected chi connectivity index (χ4v) is 3.47. The molecule has 0 radical (unpaired) electrons. The SMILES string of the molecule is COc1cc(Br)c(C(Cl)c2cccc(I)c2)cc1OC. The van der Waals surface area contributed by atoms with E-state index in [4.69, 9.17) is 21.1 Å². The van der Waals surface area contributed by atoms with Crippen molar-refractivity contribution in [2.45, 2.75) is 5.38 Å². The van der Waals surface area contributed by atoms with Gasteiger partial charge in [-0.25, -0.2) is 0 Å². The van der Waals surface area contributed by atoms with Crippen LogP contribution in [0.2, 0.25) is 0 Å². The average molecular weight is 468 g/mol. The van der Waals surface area contributed by atoms with Gasteiger partial charge in [0.2, 0.25) is 0 Å². The molecule has 1 atom stereocenters. The lowest BCUT2D eigenvalue weighted by Crippen LogP contribution is -1.98. The first-order chi connectivity index (χ1) is 9.56. The zero-order valence-electron chi connectivity index (χ0n) is 11.0. The van der Waals surface area contributed by atoms with Gasteiger partial charge in [0.1, 0.15) is 0 Å². The molecular formula is C15H13BrClIO2. The summed E-state index contributed by atoms with van der Waals surface area (Å²) >= 11 is 12.4. The van der Waals surface area contributed by atoms with Crippen molar-refractivity contribution in [3.63, 3.8) is 0 Å². The first kappa shape index (κ1) is 15.9. The molecule has 0 aliphatic rings. The Morgan fingerprint density at radius 3 is 2.35 bits per heavy atom. The Hall–Kier alpha value is -0.460. The Morgan fingerprint density at radius 1 is 1.10 bits per heavy atom. The summed E-state index contributed by atoms with van der Waals surface area (Å²) in [4.78, 5) is 0. The molecule has 20 heavy (non-hydrogen) atoms. The molecule has 2 rings (SSSR count). The molecule has 0 aliphatic carbocycles. The minimum absolute atomic E-state index is 0.251. The lowest BCUT2D eigenvalue weighted by atomic mass is 10.0. The second-order valence-corrected chi connectivity index (χ2v) is 6.68. The molecule has 0 bridgehead atoms. The highest BCUT2D eigenvalue weighted by Gasteiger charge is 2.18. The summed E-state index contributed by atoms with van der Waals surface area (Å²) < 4.78 is 12.7. The molecule has 0 aromatic heterocycles. The molecule has 2 nitrogen and oxygen atoms in total. The van der Waals surface area contributed by atoms with Crippen LogP contribution in [0.25, 0.3) is 0 Å². The Labute approximate surface area is 145 Å². The van der Waals surface area contributed by atoms with E-state index in [-0.39, 0.29) is 5.38 Å². The number of ether oxygens (including phenoxy) is 2. The van der Waals surface area contributed by atoms with Gasteiger partial charge in [-0.3, -0.25) is 0 Å². The molecule has 2 aromatic carbocycles. The maximum Gasteiger partial charge on any atom is 0.161 e. The second kappa shape index (κ2) is 7.00. The molecule has 0 amide bonds. The van der Waals surface area contributed by atoms with E-state index in [9.17, 15) is 0 Å². The first-order valence-corrected chi connectivity index (χ1v) is 8.18. The third-order valence-corrected chi connectivity index (χ3v) is 4.76. The molecule has 0 saturated carbocycles. The van der Waals surface area contributed by atoms with Gasteiger partial charge in [-0.2, -0.15) is 0 Å². The quantitative estimate of drug-likeness (QED) is 0.443. The summed E-state index contributed by atoms with van der Waals surface area (Å²) in [5.41, 5.74) is 2.00. The predicted molar refractivity (Wildman–Crippen MR) is 94.1 cm³/mol. The third-order valence-electron chi connectivity index (χ3n) is 2.92. The van der Waals surface area contributed by atoms with E-state index in [0.717, 1.165) is 19.2 Å². The second-order valence-electron chi connectivity index (χ2n) is 4.15. The molecule has 1 unspecified atom stereocenters. The summed E-state index contributed by atoms with van der Waals surface area (Å²) in [6.45, 7) is 0. The Balaban J connectivity index is 2.46. The summed E-state index contributed by atoms with van der Waals surface area (Å²) in [6, 6.07) is 11.9. The molecule has 0 heterocycles. The van der Waals surface area contributed by atoms with Crippen molar-refractivity contribution in [1.29, 1.82) is 0 Å². The van der Waals surface area contributed by atoms with Crippen molar-refractivity contribution in [2.75, 3.05) is 14.2 Å². The van der Waals surface area contributed by atoms with Crippen molar-refractivity contribution >= 4 is 50.1 Å². The lowest BCUT2D eigenvalue weighted by molar-refractivity contribution is 0.354. The van der Waals surface area contributed by atoms with Crippen LogP contribution >= 0.6 is 50.1 Å². The number of methoxy groups -OCH3 is 2. The topological polar surface area (TPSA) is 18.5 Å². The van der Waals surface area contributed by atoms with Crippen LogP contribution in [0.4, 0.5) is 0 Å². The fraction of sp³-hybridized carbons (Fsp3) is 0.200. The van der Waals surface area contributed by atoms with Gasteiger partial charge in [-0.15, -0.1) is 11.6 Å². The summed E-state index contributed by atoms with van der Waals surface area (Å²) in [6.07, 6.45) is 0. The van der Waals surface area contributed by atoms with Crippen LogP contribution in [0.5, 0.6) is 11.5 Å². The number of rotatable bonds is 4. The van der Waals surface area contributed by atoms with Gasteiger partial charge >= 0.3 is 0 Å². The van der Waals surface area contributed by atoms with Crippen molar-refractivity contribution < 1.29 is 9.47 Å². The molecule has 0 spiro atoms. The van der Waals surface area contributed by atoms with Crippen LogP contribution in [-0.4, -0.2) is 14.2 Å². The van der Waals surface area contributed by atoms with E-state index >= 15 is 0 Å². The molecular weight excluding hydrogens is 454 g/mol. The Morgan fingerprint density at radius 2 is 1.75 bits per heavy atom. The van der Waals surface area contributed by atoms with Gasteiger partial charge in [0.05, 0.1) is 19.6 Å². The minimum Gasteiger partial charge on any atom is -0.493 e. The molecule has 2 aromatic rings. The van der Waals surface area contributed by atoms with Gasteiger partial charge in [-0.05, 0) is 58.0 Å². The maximum absolute atomic E-state index is 6.60. The maximum atomic E-state index is 6.60. The van der Waals surface area contributed by atoms with E-state index in [2.05, 4.69) is 44.6 Å². The Bertz CT molecular complexity index is 619. The highest BCUT2D eigenvalue weighted by molar-refractivity contribution is 14.1. The van der Waals surface area contributed by atoms with E-state index < -0.39 is 0 Å². The van der Waals surface area contributed by atoms with Crippen LogP contribution in [0, 0.1) is 3.57 Å². The number of hydrogen-bond acceptors (Lipinski definition) is 2. The van der Waals surface area contributed by atoms with Crippen molar-refractivity contribution in [2.24, 2.45) is 0 Å². The predicted octanol–water partition coefficient (Wildman–Crippen LogP) is 5.40. The molecule has 5 heteroatoms.